The average Bonchev–Trinajstić information content (AvgIpc) is 2.91. The number of carbonyl (C=O) groups excluding carboxylic acids is 1. The summed E-state index contributed by atoms with van der Waals surface area (Å²) in [7, 11) is 1.82. The quantitative estimate of drug-likeness (QED) is 0.840. The molecule has 0 spiro atoms. The summed E-state index contributed by atoms with van der Waals surface area (Å²) < 4.78 is 5.52. The van der Waals surface area contributed by atoms with E-state index in [2.05, 4.69) is 11.8 Å². The first-order valence-electron chi connectivity index (χ1n) is 7.13. The molecule has 1 saturated heterocycles. The Bertz CT molecular complexity index is 585. The monoisotopic (exact) mass is 287 g/mol. The third-order valence-corrected chi connectivity index (χ3v) is 3.94. The maximum Gasteiger partial charge on any atom is 0.253 e. The van der Waals surface area contributed by atoms with Crippen molar-refractivity contribution in [3.8, 4) is 11.8 Å². The number of hydrogen-bond acceptors (Lipinski definition) is 3. The van der Waals surface area contributed by atoms with Crippen LogP contribution < -0.4 is 0 Å². The highest BCUT2D eigenvalue weighted by Crippen LogP contribution is 2.21. The van der Waals surface area contributed by atoms with Crippen molar-refractivity contribution in [3.05, 3.63) is 34.9 Å². The molecular weight excluding hydrogens is 266 g/mol. The van der Waals surface area contributed by atoms with E-state index < -0.39 is 0 Å². The molecule has 1 aliphatic rings. The molecule has 112 valence electrons. The fourth-order valence-corrected chi connectivity index (χ4v) is 2.61. The summed E-state index contributed by atoms with van der Waals surface area (Å²) in [4.78, 5) is 14.3. The Kier molecular flexibility index (Phi) is 5.00. The van der Waals surface area contributed by atoms with E-state index in [0.29, 0.717) is 12.2 Å². The van der Waals surface area contributed by atoms with E-state index in [0.717, 1.165) is 17.5 Å². The van der Waals surface area contributed by atoms with E-state index >= 15 is 0 Å². The summed E-state index contributed by atoms with van der Waals surface area (Å²) in [5.41, 5.74) is 2.39. The lowest BCUT2D eigenvalue weighted by atomic mass is 10.0. The highest BCUT2D eigenvalue weighted by molar-refractivity contribution is 5.94. The number of aliphatic hydroxyl groups excluding tert-OH is 1. The minimum absolute atomic E-state index is 0.0237. The first kappa shape index (κ1) is 15.6. The first-order chi connectivity index (χ1) is 10.0. The fourth-order valence-electron chi connectivity index (χ4n) is 2.61. The molecule has 1 N–H and O–H groups in total. The van der Waals surface area contributed by atoms with E-state index in [1.165, 1.54) is 0 Å². The highest BCUT2D eigenvalue weighted by atomic mass is 16.5. The lowest BCUT2D eigenvalue weighted by molar-refractivity contribution is 0.0574. The van der Waals surface area contributed by atoms with Gasteiger partial charge in [0, 0.05) is 24.8 Å². The van der Waals surface area contributed by atoms with Crippen LogP contribution >= 0.6 is 0 Å². The zero-order chi connectivity index (χ0) is 15.4. The standard InChI is InChI=1S/C17H21NO3/c1-12-6-7-15(11-14(12)5-4-9-19)17(20)18(3)16-8-10-21-13(16)2/h6-7,11,13,16,19H,8-10H2,1-3H3. The van der Waals surface area contributed by atoms with Gasteiger partial charge in [0.05, 0.1) is 12.1 Å². The van der Waals surface area contributed by atoms with E-state index in [1.54, 1.807) is 11.0 Å². The Morgan fingerprint density at radius 3 is 2.90 bits per heavy atom. The maximum atomic E-state index is 12.6. The van der Waals surface area contributed by atoms with Crippen LogP contribution in [0, 0.1) is 18.8 Å². The van der Waals surface area contributed by atoms with Crippen LogP contribution in [-0.4, -0.2) is 48.3 Å². The van der Waals surface area contributed by atoms with Gasteiger partial charge in [-0.05, 0) is 38.0 Å². The third-order valence-electron chi connectivity index (χ3n) is 3.94. The minimum atomic E-state index is -0.186. The van der Waals surface area contributed by atoms with Crippen LogP contribution in [0.1, 0.15) is 34.8 Å². The average molecular weight is 287 g/mol. The van der Waals surface area contributed by atoms with E-state index in [-0.39, 0.29) is 24.7 Å². The molecule has 4 heteroatoms. The summed E-state index contributed by atoms with van der Waals surface area (Å²) in [5.74, 6) is 5.48. The van der Waals surface area contributed by atoms with Crippen LogP contribution in [0.3, 0.4) is 0 Å². The van der Waals surface area contributed by atoms with E-state index in [1.807, 2.05) is 33.0 Å². The number of hydrogen-bond donors (Lipinski definition) is 1. The van der Waals surface area contributed by atoms with Gasteiger partial charge in [-0.25, -0.2) is 0 Å². The minimum Gasteiger partial charge on any atom is -0.384 e. The Hall–Kier alpha value is -1.83. The zero-order valence-corrected chi connectivity index (χ0v) is 12.7. The van der Waals surface area contributed by atoms with E-state index in [9.17, 15) is 4.79 Å². The van der Waals surface area contributed by atoms with Crippen molar-refractivity contribution in [2.24, 2.45) is 0 Å². The Morgan fingerprint density at radius 1 is 1.52 bits per heavy atom. The molecule has 1 aromatic carbocycles. The number of aryl methyl sites for hydroxylation is 1. The predicted molar refractivity (Wildman–Crippen MR) is 81.1 cm³/mol. The maximum absolute atomic E-state index is 12.6. The fraction of sp³-hybridized carbons (Fsp3) is 0.471. The van der Waals surface area contributed by atoms with Crippen LogP contribution in [0.25, 0.3) is 0 Å². The van der Waals surface area contributed by atoms with Gasteiger partial charge in [0.2, 0.25) is 0 Å². The largest absolute Gasteiger partial charge is 0.384 e. The van der Waals surface area contributed by atoms with Crippen LogP contribution in [0.15, 0.2) is 18.2 Å². The molecule has 0 bridgehead atoms. The second kappa shape index (κ2) is 6.75. The molecule has 1 amide bonds. The van der Waals surface area contributed by atoms with Crippen molar-refractivity contribution in [2.75, 3.05) is 20.3 Å². The van der Waals surface area contributed by atoms with Crippen molar-refractivity contribution in [1.29, 1.82) is 0 Å². The molecule has 21 heavy (non-hydrogen) atoms. The van der Waals surface area contributed by atoms with Gasteiger partial charge in [0.25, 0.3) is 5.91 Å². The van der Waals surface area contributed by atoms with Crippen molar-refractivity contribution >= 4 is 5.91 Å². The molecule has 2 unspecified atom stereocenters. The number of likely N-dealkylation sites (N-methyl/N-ethyl adjacent to an activating group) is 1. The molecular formula is C17H21NO3. The molecule has 1 aliphatic heterocycles. The van der Waals surface area contributed by atoms with Gasteiger partial charge < -0.3 is 14.7 Å². The van der Waals surface area contributed by atoms with Gasteiger partial charge in [-0.2, -0.15) is 0 Å². The van der Waals surface area contributed by atoms with Gasteiger partial charge in [0.1, 0.15) is 6.61 Å². The topological polar surface area (TPSA) is 49.8 Å². The van der Waals surface area contributed by atoms with Gasteiger partial charge >= 0.3 is 0 Å². The van der Waals surface area contributed by atoms with Crippen molar-refractivity contribution in [2.45, 2.75) is 32.4 Å². The molecule has 0 aromatic heterocycles. The number of carbonyl (C=O) groups is 1. The summed E-state index contributed by atoms with van der Waals surface area (Å²) >= 11 is 0. The summed E-state index contributed by atoms with van der Waals surface area (Å²) in [5, 5.41) is 8.80. The number of ether oxygens (including phenoxy) is 1. The molecule has 1 heterocycles. The summed E-state index contributed by atoms with van der Waals surface area (Å²) in [6.07, 6.45) is 0.935. The lowest BCUT2D eigenvalue weighted by Gasteiger charge is -2.27. The van der Waals surface area contributed by atoms with E-state index in [4.69, 9.17) is 9.84 Å². The smallest absolute Gasteiger partial charge is 0.253 e. The van der Waals surface area contributed by atoms with Gasteiger partial charge in [-0.1, -0.05) is 17.9 Å². The number of amides is 1. The predicted octanol–water partition coefficient (Wildman–Crippen LogP) is 1.59. The molecule has 0 saturated carbocycles. The molecule has 2 rings (SSSR count). The molecule has 2 atom stereocenters. The number of rotatable bonds is 2. The number of nitrogens with zero attached hydrogens (tertiary/aromatic N) is 1. The normalized spacial score (nSPS) is 20.8. The molecule has 1 fully saturated rings. The molecule has 0 aliphatic carbocycles. The second-order valence-corrected chi connectivity index (χ2v) is 5.34. The van der Waals surface area contributed by atoms with Crippen molar-refractivity contribution in [1.82, 2.24) is 4.90 Å². The van der Waals surface area contributed by atoms with Crippen LogP contribution in [-0.2, 0) is 4.74 Å². The number of benzene rings is 1. The Balaban J connectivity index is 2.22. The van der Waals surface area contributed by atoms with Crippen LogP contribution in [0.5, 0.6) is 0 Å². The van der Waals surface area contributed by atoms with Gasteiger partial charge in [0.15, 0.2) is 0 Å². The Labute approximate surface area is 125 Å². The SMILES string of the molecule is Cc1ccc(C(=O)N(C)C2CCOC2C)cc1C#CCO. The van der Waals surface area contributed by atoms with Crippen LogP contribution in [0.4, 0.5) is 0 Å². The second-order valence-electron chi connectivity index (χ2n) is 5.34. The molecule has 1 aromatic rings. The van der Waals surface area contributed by atoms with Gasteiger partial charge in [-0.3, -0.25) is 4.79 Å². The van der Waals surface area contributed by atoms with Gasteiger partial charge in [-0.15, -0.1) is 0 Å². The molecule has 0 radical (unpaired) electrons. The third kappa shape index (κ3) is 3.44. The zero-order valence-electron chi connectivity index (χ0n) is 12.7. The van der Waals surface area contributed by atoms with Crippen LogP contribution in [0.2, 0.25) is 0 Å². The molecule has 4 nitrogen and oxygen atoms in total. The number of aliphatic hydroxyl groups is 1. The van der Waals surface area contributed by atoms with Crippen molar-refractivity contribution in [3.63, 3.8) is 0 Å². The summed E-state index contributed by atoms with van der Waals surface area (Å²) in [6, 6.07) is 5.61. The van der Waals surface area contributed by atoms with Crippen molar-refractivity contribution < 1.29 is 14.6 Å². The summed E-state index contributed by atoms with van der Waals surface area (Å²) in [6.45, 7) is 4.44. The first-order valence-corrected chi connectivity index (χ1v) is 7.13. The Morgan fingerprint density at radius 2 is 2.29 bits per heavy atom. The lowest BCUT2D eigenvalue weighted by Crippen LogP contribution is -2.41. The highest BCUT2D eigenvalue weighted by Gasteiger charge is 2.31.